The van der Waals surface area contributed by atoms with E-state index in [0.29, 0.717) is 19.0 Å². The Labute approximate surface area is 124 Å². The van der Waals surface area contributed by atoms with Gasteiger partial charge in [-0.1, -0.05) is 0 Å². The smallest absolute Gasteiger partial charge is 0.246 e. The predicted molar refractivity (Wildman–Crippen MR) is 77.5 cm³/mol. The van der Waals surface area contributed by atoms with Gasteiger partial charge in [0, 0.05) is 38.7 Å². The second-order valence-corrected chi connectivity index (χ2v) is 5.46. The van der Waals surface area contributed by atoms with E-state index >= 15 is 0 Å². The lowest BCUT2D eigenvalue weighted by molar-refractivity contribution is -0.117. The van der Waals surface area contributed by atoms with Crippen LogP contribution in [0.5, 0.6) is 0 Å². The Morgan fingerprint density at radius 2 is 1.95 bits per heavy atom. The Morgan fingerprint density at radius 3 is 2.55 bits per heavy atom. The van der Waals surface area contributed by atoms with Crippen molar-refractivity contribution in [3.8, 4) is 0 Å². The second kappa shape index (κ2) is 5.20. The van der Waals surface area contributed by atoms with E-state index in [-0.39, 0.29) is 12.5 Å². The van der Waals surface area contributed by atoms with Crippen molar-refractivity contribution in [2.24, 2.45) is 7.05 Å². The number of hydrogen-bond acceptors (Lipinski definition) is 5. The standard InChI is InChI=1S/C12H13BrN6O/c1-17-7-10(6-16-17)19-3-2-18(8-11(19)20)12-14-4-9(13)5-15-12/h4-7H,2-3,8H2,1H3. The Hall–Kier alpha value is -1.96. The number of nitrogens with zero attached hydrogens (tertiary/aromatic N) is 6. The van der Waals surface area contributed by atoms with Gasteiger partial charge in [-0.15, -0.1) is 0 Å². The molecule has 0 spiro atoms. The molecule has 0 aliphatic carbocycles. The molecule has 20 heavy (non-hydrogen) atoms. The highest BCUT2D eigenvalue weighted by atomic mass is 79.9. The molecule has 1 fully saturated rings. The molecule has 1 aliphatic heterocycles. The topological polar surface area (TPSA) is 67.2 Å². The highest BCUT2D eigenvalue weighted by Crippen LogP contribution is 2.18. The fraction of sp³-hybridized carbons (Fsp3) is 0.333. The molecule has 2 aromatic rings. The molecule has 0 aromatic carbocycles. The molecule has 1 aliphatic rings. The molecule has 0 radical (unpaired) electrons. The monoisotopic (exact) mass is 336 g/mol. The van der Waals surface area contributed by atoms with E-state index < -0.39 is 0 Å². The fourth-order valence-corrected chi connectivity index (χ4v) is 2.34. The maximum absolute atomic E-state index is 12.2. The van der Waals surface area contributed by atoms with Gasteiger partial charge in [0.2, 0.25) is 11.9 Å². The third-order valence-electron chi connectivity index (χ3n) is 3.11. The number of rotatable bonds is 2. The van der Waals surface area contributed by atoms with E-state index in [9.17, 15) is 4.79 Å². The van der Waals surface area contributed by atoms with Crippen molar-refractivity contribution in [2.75, 3.05) is 29.4 Å². The fourth-order valence-electron chi connectivity index (χ4n) is 2.13. The van der Waals surface area contributed by atoms with E-state index in [4.69, 9.17) is 0 Å². The Morgan fingerprint density at radius 1 is 1.20 bits per heavy atom. The third kappa shape index (κ3) is 2.51. The number of carbonyl (C=O) groups excluding carboxylic acids is 1. The summed E-state index contributed by atoms with van der Waals surface area (Å²) in [5.74, 6) is 0.600. The van der Waals surface area contributed by atoms with Crippen LogP contribution < -0.4 is 9.80 Å². The molecule has 0 saturated carbocycles. The maximum Gasteiger partial charge on any atom is 0.246 e. The number of hydrogen-bond donors (Lipinski definition) is 0. The van der Waals surface area contributed by atoms with E-state index in [0.717, 1.165) is 10.2 Å². The maximum atomic E-state index is 12.2. The van der Waals surface area contributed by atoms with Crippen molar-refractivity contribution in [2.45, 2.75) is 0 Å². The SMILES string of the molecule is Cn1cc(N2CCN(c3ncc(Br)cn3)CC2=O)cn1. The van der Waals surface area contributed by atoms with E-state index in [2.05, 4.69) is 31.0 Å². The molecule has 104 valence electrons. The van der Waals surface area contributed by atoms with Gasteiger partial charge in [0.25, 0.3) is 0 Å². The molecule has 0 unspecified atom stereocenters. The summed E-state index contributed by atoms with van der Waals surface area (Å²) in [5, 5.41) is 4.09. The molecule has 3 rings (SSSR count). The molecule has 3 heterocycles. The van der Waals surface area contributed by atoms with Crippen molar-refractivity contribution < 1.29 is 4.79 Å². The first-order valence-electron chi connectivity index (χ1n) is 6.15. The van der Waals surface area contributed by atoms with Gasteiger partial charge in [-0.25, -0.2) is 9.97 Å². The number of amides is 1. The molecule has 2 aromatic heterocycles. The number of carbonyl (C=O) groups is 1. The van der Waals surface area contributed by atoms with Crippen molar-refractivity contribution in [1.82, 2.24) is 19.7 Å². The van der Waals surface area contributed by atoms with Crippen LogP contribution in [0.15, 0.2) is 29.3 Å². The molecular weight excluding hydrogens is 324 g/mol. The van der Waals surface area contributed by atoms with Crippen molar-refractivity contribution in [3.05, 3.63) is 29.3 Å². The lowest BCUT2D eigenvalue weighted by Crippen LogP contribution is -2.51. The van der Waals surface area contributed by atoms with Crippen molar-refractivity contribution >= 4 is 33.5 Å². The second-order valence-electron chi connectivity index (χ2n) is 4.54. The van der Waals surface area contributed by atoms with Crippen LogP contribution in [0.2, 0.25) is 0 Å². The summed E-state index contributed by atoms with van der Waals surface area (Å²) in [4.78, 5) is 24.3. The molecule has 1 amide bonds. The van der Waals surface area contributed by atoms with Gasteiger partial charge >= 0.3 is 0 Å². The number of piperazine rings is 1. The first-order valence-corrected chi connectivity index (χ1v) is 6.94. The molecule has 7 nitrogen and oxygen atoms in total. The highest BCUT2D eigenvalue weighted by molar-refractivity contribution is 9.10. The minimum Gasteiger partial charge on any atom is -0.330 e. The minimum atomic E-state index is 0.0239. The van der Waals surface area contributed by atoms with Crippen LogP contribution in [0.25, 0.3) is 0 Å². The van der Waals surface area contributed by atoms with E-state index in [1.54, 1.807) is 28.2 Å². The summed E-state index contributed by atoms with van der Waals surface area (Å²) < 4.78 is 2.51. The van der Waals surface area contributed by atoms with Crippen molar-refractivity contribution in [1.29, 1.82) is 0 Å². The van der Waals surface area contributed by atoms with Gasteiger partial charge in [-0.2, -0.15) is 5.10 Å². The lowest BCUT2D eigenvalue weighted by atomic mass is 10.3. The molecule has 0 atom stereocenters. The van der Waals surface area contributed by atoms with E-state index in [1.165, 1.54) is 0 Å². The van der Waals surface area contributed by atoms with Crippen LogP contribution in [0, 0.1) is 0 Å². The molecule has 8 heteroatoms. The number of anilines is 2. The summed E-state index contributed by atoms with van der Waals surface area (Å²) in [6.45, 7) is 1.57. The largest absolute Gasteiger partial charge is 0.330 e. The Bertz CT molecular complexity index is 625. The normalized spacial score (nSPS) is 15.8. The van der Waals surface area contributed by atoms with Gasteiger partial charge < -0.3 is 9.80 Å². The lowest BCUT2D eigenvalue weighted by Gasteiger charge is -2.33. The first kappa shape index (κ1) is 13.0. The molecular formula is C12H13BrN6O. The number of halogens is 1. The zero-order valence-corrected chi connectivity index (χ0v) is 12.5. The summed E-state index contributed by atoms with van der Waals surface area (Å²) in [6.07, 6.45) is 6.90. The van der Waals surface area contributed by atoms with Crippen LogP contribution in [-0.2, 0) is 11.8 Å². The van der Waals surface area contributed by atoms with Gasteiger partial charge in [-0.3, -0.25) is 9.48 Å². The van der Waals surface area contributed by atoms with E-state index in [1.807, 2.05) is 18.1 Å². The van der Waals surface area contributed by atoms with Gasteiger partial charge in [0.1, 0.15) is 6.54 Å². The average Bonchev–Trinajstić information content (AvgIpc) is 2.86. The Kier molecular flexibility index (Phi) is 3.39. The zero-order valence-electron chi connectivity index (χ0n) is 10.9. The Balaban J connectivity index is 1.73. The minimum absolute atomic E-state index is 0.0239. The van der Waals surface area contributed by atoms with Gasteiger partial charge in [0.15, 0.2) is 0 Å². The summed E-state index contributed by atoms with van der Waals surface area (Å²) in [6, 6.07) is 0. The summed E-state index contributed by atoms with van der Waals surface area (Å²) in [5.41, 5.74) is 0.828. The summed E-state index contributed by atoms with van der Waals surface area (Å²) >= 11 is 3.30. The number of aryl methyl sites for hydroxylation is 1. The average molecular weight is 337 g/mol. The van der Waals surface area contributed by atoms with Gasteiger partial charge in [-0.05, 0) is 15.9 Å². The molecule has 0 N–H and O–H groups in total. The quantitative estimate of drug-likeness (QED) is 0.812. The molecule has 0 bridgehead atoms. The van der Waals surface area contributed by atoms with Crippen LogP contribution in [0.4, 0.5) is 11.6 Å². The third-order valence-corrected chi connectivity index (χ3v) is 3.52. The van der Waals surface area contributed by atoms with Crippen molar-refractivity contribution in [3.63, 3.8) is 0 Å². The van der Waals surface area contributed by atoms with Crippen LogP contribution in [0.1, 0.15) is 0 Å². The van der Waals surface area contributed by atoms with Crippen LogP contribution >= 0.6 is 15.9 Å². The predicted octanol–water partition coefficient (Wildman–Crippen LogP) is 0.826. The highest BCUT2D eigenvalue weighted by Gasteiger charge is 2.27. The first-order chi connectivity index (χ1) is 9.63. The van der Waals surface area contributed by atoms with Gasteiger partial charge in [0.05, 0.1) is 16.4 Å². The molecule has 1 saturated heterocycles. The zero-order chi connectivity index (χ0) is 14.1. The number of aromatic nitrogens is 4. The summed E-state index contributed by atoms with van der Waals surface area (Å²) in [7, 11) is 1.83. The van der Waals surface area contributed by atoms with Crippen LogP contribution in [0.3, 0.4) is 0 Å². The van der Waals surface area contributed by atoms with Crippen LogP contribution in [-0.4, -0.2) is 45.3 Å².